The molecule has 1 aromatic heterocycles. The van der Waals surface area contributed by atoms with Gasteiger partial charge in [0.15, 0.2) is 0 Å². The van der Waals surface area contributed by atoms with Gasteiger partial charge < -0.3 is 19.5 Å². The van der Waals surface area contributed by atoms with Crippen molar-refractivity contribution in [3.8, 4) is 0 Å². The van der Waals surface area contributed by atoms with E-state index in [4.69, 9.17) is 14.2 Å². The molecule has 0 unspecified atom stereocenters. The SMILES string of the molecule is COC(=O)[C@H](Cc1cn(C(=O)OC(C)(C)C)c2ccccc12)NC(=O)OC(C)(C)C. The summed E-state index contributed by atoms with van der Waals surface area (Å²) in [7, 11) is 1.25. The van der Waals surface area contributed by atoms with Gasteiger partial charge in [-0.2, -0.15) is 0 Å². The molecular formula is C22H30N2O6. The van der Waals surface area contributed by atoms with Crippen LogP contribution in [0.3, 0.4) is 0 Å². The quantitative estimate of drug-likeness (QED) is 0.595. The van der Waals surface area contributed by atoms with Crippen LogP contribution in [0.25, 0.3) is 10.9 Å². The van der Waals surface area contributed by atoms with E-state index in [1.165, 1.54) is 11.7 Å². The predicted molar refractivity (Wildman–Crippen MR) is 112 cm³/mol. The molecule has 0 aliphatic carbocycles. The number of carbonyl (C=O) groups excluding carboxylic acids is 3. The minimum absolute atomic E-state index is 0.113. The first-order valence-electron chi connectivity index (χ1n) is 9.70. The average molecular weight is 418 g/mol. The molecule has 0 aliphatic heterocycles. The maximum Gasteiger partial charge on any atom is 0.419 e. The van der Waals surface area contributed by atoms with Crippen LogP contribution in [-0.2, 0) is 25.4 Å². The summed E-state index contributed by atoms with van der Waals surface area (Å²) in [6.45, 7) is 10.6. The molecule has 164 valence electrons. The first kappa shape index (κ1) is 23.3. The van der Waals surface area contributed by atoms with Gasteiger partial charge in [0.2, 0.25) is 0 Å². The van der Waals surface area contributed by atoms with Gasteiger partial charge in [-0.05, 0) is 53.2 Å². The highest BCUT2D eigenvalue weighted by molar-refractivity contribution is 5.92. The van der Waals surface area contributed by atoms with Crippen LogP contribution in [0.1, 0.15) is 47.1 Å². The number of ether oxygens (including phenoxy) is 3. The van der Waals surface area contributed by atoms with Crippen molar-refractivity contribution in [2.45, 2.75) is 65.2 Å². The Kier molecular flexibility index (Phi) is 6.80. The number of rotatable bonds is 4. The van der Waals surface area contributed by atoms with E-state index in [1.807, 2.05) is 18.2 Å². The predicted octanol–water partition coefficient (Wildman–Crippen LogP) is 4.03. The fourth-order valence-corrected chi connectivity index (χ4v) is 2.88. The van der Waals surface area contributed by atoms with Gasteiger partial charge in [0.1, 0.15) is 17.2 Å². The number of nitrogens with one attached hydrogen (secondary N) is 1. The number of fused-ring (bicyclic) bond motifs is 1. The van der Waals surface area contributed by atoms with Gasteiger partial charge in [-0.3, -0.25) is 4.57 Å². The van der Waals surface area contributed by atoms with Gasteiger partial charge in [0.05, 0.1) is 12.6 Å². The Morgan fingerprint density at radius 3 is 2.17 bits per heavy atom. The fraction of sp³-hybridized carbons (Fsp3) is 0.500. The van der Waals surface area contributed by atoms with Crippen molar-refractivity contribution < 1.29 is 28.6 Å². The van der Waals surface area contributed by atoms with E-state index in [0.717, 1.165) is 5.39 Å². The van der Waals surface area contributed by atoms with Crippen LogP contribution in [0.5, 0.6) is 0 Å². The van der Waals surface area contributed by atoms with Crippen LogP contribution in [0.2, 0.25) is 0 Å². The second-order valence-corrected chi connectivity index (χ2v) is 8.95. The molecule has 0 saturated carbocycles. The number of para-hydroxylation sites is 1. The molecule has 1 aromatic carbocycles. The summed E-state index contributed by atoms with van der Waals surface area (Å²) in [4.78, 5) is 37.1. The number of hydrogen-bond acceptors (Lipinski definition) is 6. The Labute approximate surface area is 176 Å². The van der Waals surface area contributed by atoms with Crippen LogP contribution >= 0.6 is 0 Å². The normalized spacial score (nSPS) is 12.9. The molecule has 2 aromatic rings. The summed E-state index contributed by atoms with van der Waals surface area (Å²) >= 11 is 0. The molecule has 8 nitrogen and oxygen atoms in total. The van der Waals surface area contributed by atoms with E-state index >= 15 is 0 Å². The van der Waals surface area contributed by atoms with E-state index in [2.05, 4.69) is 5.32 Å². The maximum absolute atomic E-state index is 12.7. The summed E-state index contributed by atoms with van der Waals surface area (Å²) in [6.07, 6.45) is 0.474. The Balaban J connectivity index is 2.36. The highest BCUT2D eigenvalue weighted by Gasteiger charge is 2.28. The smallest absolute Gasteiger partial charge is 0.419 e. The van der Waals surface area contributed by atoms with E-state index in [1.54, 1.807) is 53.8 Å². The third-order valence-corrected chi connectivity index (χ3v) is 3.99. The fourth-order valence-electron chi connectivity index (χ4n) is 2.88. The van der Waals surface area contributed by atoms with Crippen LogP contribution in [0, 0.1) is 0 Å². The first-order chi connectivity index (χ1) is 13.8. The lowest BCUT2D eigenvalue weighted by molar-refractivity contribution is -0.143. The summed E-state index contributed by atoms with van der Waals surface area (Å²) in [5.74, 6) is -0.616. The van der Waals surface area contributed by atoms with Crippen molar-refractivity contribution in [1.82, 2.24) is 9.88 Å². The topological polar surface area (TPSA) is 95.9 Å². The zero-order valence-corrected chi connectivity index (χ0v) is 18.6. The van der Waals surface area contributed by atoms with Crippen LogP contribution in [0.4, 0.5) is 9.59 Å². The standard InChI is InChI=1S/C22H30N2O6/c1-21(2,3)29-19(26)23-16(18(25)28-7)12-14-13-24(20(27)30-22(4,5)6)17-11-9-8-10-15(14)17/h8-11,13,16H,12H2,1-7H3,(H,23,26)/t16-/m0/s1. The number of benzene rings is 1. The number of nitrogens with zero attached hydrogens (tertiary/aromatic N) is 1. The number of esters is 1. The lowest BCUT2D eigenvalue weighted by Gasteiger charge is -2.22. The van der Waals surface area contributed by atoms with Crippen LogP contribution < -0.4 is 5.32 Å². The second-order valence-electron chi connectivity index (χ2n) is 8.95. The molecule has 0 radical (unpaired) electrons. The Morgan fingerprint density at radius 2 is 1.60 bits per heavy atom. The van der Waals surface area contributed by atoms with Gasteiger partial charge in [-0.15, -0.1) is 0 Å². The molecule has 1 atom stereocenters. The average Bonchev–Trinajstić information content (AvgIpc) is 2.96. The zero-order chi connectivity index (χ0) is 22.7. The molecule has 1 N–H and O–H groups in total. The number of alkyl carbamates (subject to hydrolysis) is 1. The lowest BCUT2D eigenvalue weighted by Crippen LogP contribution is -2.45. The largest absolute Gasteiger partial charge is 0.467 e. The molecule has 1 heterocycles. The summed E-state index contributed by atoms with van der Waals surface area (Å²) < 4.78 is 17.0. The molecule has 0 fully saturated rings. The van der Waals surface area contributed by atoms with Crippen LogP contribution in [-0.4, -0.2) is 47.1 Å². The van der Waals surface area contributed by atoms with Crippen molar-refractivity contribution in [2.24, 2.45) is 0 Å². The van der Waals surface area contributed by atoms with E-state index in [-0.39, 0.29) is 6.42 Å². The Hall–Kier alpha value is -3.03. The first-order valence-corrected chi connectivity index (χ1v) is 9.70. The zero-order valence-electron chi connectivity index (χ0n) is 18.6. The van der Waals surface area contributed by atoms with Crippen molar-refractivity contribution >= 4 is 29.1 Å². The second kappa shape index (κ2) is 8.77. The number of carbonyl (C=O) groups is 3. The molecule has 0 spiro atoms. The van der Waals surface area contributed by atoms with Crippen molar-refractivity contribution in [1.29, 1.82) is 0 Å². The minimum atomic E-state index is -0.984. The van der Waals surface area contributed by atoms with E-state index in [0.29, 0.717) is 11.1 Å². The van der Waals surface area contributed by atoms with Gasteiger partial charge >= 0.3 is 18.2 Å². The summed E-state index contributed by atoms with van der Waals surface area (Å²) in [5, 5.41) is 3.32. The molecule has 2 rings (SSSR count). The summed E-state index contributed by atoms with van der Waals surface area (Å²) in [5.41, 5.74) is -0.0435. The summed E-state index contributed by atoms with van der Waals surface area (Å²) in [6, 6.07) is 6.29. The molecule has 0 bridgehead atoms. The third-order valence-electron chi connectivity index (χ3n) is 3.99. The van der Waals surface area contributed by atoms with E-state index < -0.39 is 35.4 Å². The van der Waals surface area contributed by atoms with Crippen molar-refractivity contribution in [3.05, 3.63) is 36.0 Å². The molecule has 0 saturated heterocycles. The monoisotopic (exact) mass is 418 g/mol. The van der Waals surface area contributed by atoms with Gasteiger partial charge in [0.25, 0.3) is 0 Å². The van der Waals surface area contributed by atoms with E-state index in [9.17, 15) is 14.4 Å². The third kappa shape index (κ3) is 6.23. The highest BCUT2D eigenvalue weighted by Crippen LogP contribution is 2.24. The van der Waals surface area contributed by atoms with Crippen LogP contribution in [0.15, 0.2) is 30.5 Å². The van der Waals surface area contributed by atoms with Crippen molar-refractivity contribution in [3.63, 3.8) is 0 Å². The Morgan fingerprint density at radius 1 is 1.00 bits per heavy atom. The van der Waals surface area contributed by atoms with Crippen molar-refractivity contribution in [2.75, 3.05) is 7.11 Å². The minimum Gasteiger partial charge on any atom is -0.467 e. The number of amides is 1. The number of hydrogen-bond donors (Lipinski definition) is 1. The maximum atomic E-state index is 12.7. The molecule has 30 heavy (non-hydrogen) atoms. The molecular weight excluding hydrogens is 388 g/mol. The Bertz CT molecular complexity index is 933. The molecule has 1 amide bonds. The lowest BCUT2D eigenvalue weighted by atomic mass is 10.1. The highest BCUT2D eigenvalue weighted by atomic mass is 16.6. The molecule has 0 aliphatic rings. The van der Waals surface area contributed by atoms with Gasteiger partial charge in [-0.25, -0.2) is 14.4 Å². The number of methoxy groups -OCH3 is 1. The molecule has 8 heteroatoms. The van der Waals surface area contributed by atoms with Gasteiger partial charge in [-0.1, -0.05) is 18.2 Å². The van der Waals surface area contributed by atoms with Gasteiger partial charge in [0, 0.05) is 18.0 Å². The number of aromatic nitrogens is 1.